The zero-order valence-corrected chi connectivity index (χ0v) is 22.8. The van der Waals surface area contributed by atoms with Gasteiger partial charge in [0.25, 0.3) is 0 Å². The van der Waals surface area contributed by atoms with E-state index in [0.717, 1.165) is 38.6 Å². The zero-order valence-electron chi connectivity index (χ0n) is 21.2. The van der Waals surface area contributed by atoms with Gasteiger partial charge >= 0.3 is 0 Å². The number of aryl methyl sites for hydroxylation is 2. The number of allylic oxidation sites excluding steroid dienone is 3. The van der Waals surface area contributed by atoms with E-state index in [-0.39, 0.29) is 11.6 Å². The molecule has 1 aliphatic heterocycles. The molecule has 0 saturated carbocycles. The summed E-state index contributed by atoms with van der Waals surface area (Å²) in [5.74, 6) is 0.0117. The van der Waals surface area contributed by atoms with Gasteiger partial charge in [-0.05, 0) is 91.4 Å². The van der Waals surface area contributed by atoms with Crippen LogP contribution in [0.4, 0.5) is 10.1 Å². The van der Waals surface area contributed by atoms with Gasteiger partial charge in [-0.25, -0.2) is 4.39 Å². The second-order valence-corrected chi connectivity index (χ2v) is 11.2. The molecule has 2 aliphatic rings. The molecule has 1 unspecified atom stereocenters. The van der Waals surface area contributed by atoms with Crippen LogP contribution in [-0.2, 0) is 10.5 Å². The summed E-state index contributed by atoms with van der Waals surface area (Å²) >= 11 is 7.74. The van der Waals surface area contributed by atoms with Crippen LogP contribution in [0.25, 0.3) is 0 Å². The number of rotatable bonds is 5. The molecule has 1 heterocycles. The second kappa shape index (κ2) is 10.7. The average Bonchev–Trinajstić information content (AvgIpc) is 2.89. The molecule has 5 rings (SSSR count). The van der Waals surface area contributed by atoms with Crippen LogP contribution in [0.3, 0.4) is 0 Å². The Morgan fingerprint density at radius 3 is 2.58 bits per heavy atom. The van der Waals surface area contributed by atoms with E-state index in [1.807, 2.05) is 31.2 Å². The van der Waals surface area contributed by atoms with Gasteiger partial charge in [-0.2, -0.15) is 5.26 Å². The Labute approximate surface area is 231 Å². The molecule has 0 saturated heterocycles. The zero-order chi connectivity index (χ0) is 27.0. The van der Waals surface area contributed by atoms with Crippen molar-refractivity contribution < 1.29 is 9.18 Å². The van der Waals surface area contributed by atoms with Crippen molar-refractivity contribution in [2.24, 2.45) is 5.73 Å². The smallest absolute Gasteiger partial charge is 0.161 e. The fourth-order valence-electron chi connectivity index (χ4n) is 5.38. The van der Waals surface area contributed by atoms with Crippen molar-refractivity contribution in [3.8, 4) is 6.07 Å². The molecule has 0 amide bonds. The molecule has 0 radical (unpaired) electrons. The van der Waals surface area contributed by atoms with Gasteiger partial charge in [0.15, 0.2) is 5.78 Å². The molecule has 192 valence electrons. The largest absolute Gasteiger partial charge is 0.384 e. The van der Waals surface area contributed by atoms with E-state index in [2.05, 4.69) is 25.1 Å². The Kier molecular flexibility index (Phi) is 7.34. The first-order valence-electron chi connectivity index (χ1n) is 12.5. The van der Waals surface area contributed by atoms with Crippen molar-refractivity contribution in [3.63, 3.8) is 0 Å². The summed E-state index contributed by atoms with van der Waals surface area (Å²) < 4.78 is 14.2. The maximum absolute atomic E-state index is 14.2. The number of nitriles is 1. The molecule has 38 heavy (non-hydrogen) atoms. The number of hydrogen-bond donors (Lipinski definition) is 1. The molecule has 2 N–H and O–H groups in total. The van der Waals surface area contributed by atoms with Crippen LogP contribution in [0.15, 0.2) is 88.2 Å². The molecule has 0 bridgehead atoms. The van der Waals surface area contributed by atoms with Gasteiger partial charge in [0.2, 0.25) is 0 Å². The number of carbonyl (C=O) groups is 1. The van der Waals surface area contributed by atoms with Crippen molar-refractivity contribution in [1.82, 2.24) is 0 Å². The van der Waals surface area contributed by atoms with Crippen LogP contribution in [0.5, 0.6) is 0 Å². The van der Waals surface area contributed by atoms with E-state index >= 15 is 0 Å². The molecular formula is C31H27ClFN3OS. The number of anilines is 1. The number of carbonyl (C=O) groups excluding carboxylic acids is 1. The van der Waals surface area contributed by atoms with Gasteiger partial charge < -0.3 is 5.73 Å². The third-order valence-electron chi connectivity index (χ3n) is 7.22. The number of Topliss-reactive ketones (excluding diaryl/α,β-unsaturated/α-hetero) is 1. The minimum absolute atomic E-state index is 0.00923. The normalized spacial score (nSPS) is 17.5. The van der Waals surface area contributed by atoms with Crippen LogP contribution in [-0.4, -0.2) is 5.78 Å². The van der Waals surface area contributed by atoms with Crippen molar-refractivity contribution in [3.05, 3.63) is 116 Å². The Balaban J connectivity index is 1.62. The highest BCUT2D eigenvalue weighted by Gasteiger charge is 2.41. The maximum Gasteiger partial charge on any atom is 0.161 e. The number of benzene rings is 3. The van der Waals surface area contributed by atoms with Gasteiger partial charge in [0.1, 0.15) is 11.6 Å². The Hall–Kier alpha value is -3.53. The summed E-state index contributed by atoms with van der Waals surface area (Å²) in [6, 6.07) is 20.4. The number of thioether (sulfide) groups is 1. The van der Waals surface area contributed by atoms with E-state index < -0.39 is 11.7 Å². The maximum atomic E-state index is 14.2. The van der Waals surface area contributed by atoms with Gasteiger partial charge in [-0.1, -0.05) is 29.8 Å². The summed E-state index contributed by atoms with van der Waals surface area (Å²) in [5, 5.41) is 11.0. The van der Waals surface area contributed by atoms with Gasteiger partial charge in [0.05, 0.1) is 23.2 Å². The van der Waals surface area contributed by atoms with Gasteiger partial charge in [-0.3, -0.25) is 9.69 Å². The number of hydrogen-bond acceptors (Lipinski definition) is 5. The first kappa shape index (κ1) is 26.1. The topological polar surface area (TPSA) is 70.1 Å². The van der Waals surface area contributed by atoms with E-state index in [1.165, 1.54) is 12.1 Å². The fraction of sp³-hybridized carbons (Fsp3) is 0.226. The molecule has 3 aromatic rings. The third-order valence-corrected chi connectivity index (χ3v) is 8.54. The summed E-state index contributed by atoms with van der Waals surface area (Å²) in [6.45, 7) is 4.09. The summed E-state index contributed by atoms with van der Waals surface area (Å²) in [7, 11) is 0. The predicted molar refractivity (Wildman–Crippen MR) is 151 cm³/mol. The number of nitrogens with zero attached hydrogens (tertiary/aromatic N) is 2. The minimum Gasteiger partial charge on any atom is -0.384 e. The molecule has 4 nitrogen and oxygen atoms in total. The number of nitrogens with two attached hydrogens (primary N) is 1. The number of ketones is 1. The fourth-order valence-corrected chi connectivity index (χ4v) is 6.47. The standard InChI is InChI=1S/C31H27ClFN3OS/c1-18-13-19(2)25(14-20(18)17-38-24-11-9-21(32)10-12-24)29-26(16-34)31(35)36(23-6-3-5-22(33)15-23)27-7-4-8-28(37)30(27)29/h3,5-6,9-15,29H,4,7-8,17,35H2,1-2H3. The van der Waals surface area contributed by atoms with Crippen molar-refractivity contribution in [2.45, 2.75) is 49.7 Å². The summed E-state index contributed by atoms with van der Waals surface area (Å²) in [5.41, 5.74) is 13.0. The Morgan fingerprint density at radius 2 is 1.87 bits per heavy atom. The molecule has 7 heteroatoms. The Bertz CT molecular complexity index is 1540. The molecule has 1 aliphatic carbocycles. The highest BCUT2D eigenvalue weighted by molar-refractivity contribution is 7.98. The monoisotopic (exact) mass is 543 g/mol. The molecule has 3 aromatic carbocycles. The minimum atomic E-state index is -0.563. The van der Waals surface area contributed by atoms with E-state index in [0.29, 0.717) is 41.1 Å². The van der Waals surface area contributed by atoms with Crippen LogP contribution in [0.1, 0.15) is 47.4 Å². The van der Waals surface area contributed by atoms with Crippen molar-refractivity contribution >= 4 is 34.8 Å². The van der Waals surface area contributed by atoms with Gasteiger partial charge in [0, 0.05) is 33.4 Å². The van der Waals surface area contributed by atoms with Crippen LogP contribution in [0.2, 0.25) is 5.02 Å². The average molecular weight is 544 g/mol. The molecular weight excluding hydrogens is 517 g/mol. The predicted octanol–water partition coefficient (Wildman–Crippen LogP) is 7.69. The molecule has 0 aromatic heterocycles. The lowest BCUT2D eigenvalue weighted by Gasteiger charge is -2.40. The molecule has 0 spiro atoms. The molecule has 1 atom stereocenters. The highest BCUT2D eigenvalue weighted by atomic mass is 35.5. The van der Waals surface area contributed by atoms with E-state index in [1.54, 1.807) is 28.8 Å². The third kappa shape index (κ3) is 4.84. The van der Waals surface area contributed by atoms with Crippen LogP contribution >= 0.6 is 23.4 Å². The van der Waals surface area contributed by atoms with Crippen molar-refractivity contribution in [1.29, 1.82) is 5.26 Å². The summed E-state index contributed by atoms with van der Waals surface area (Å²) in [4.78, 5) is 16.3. The van der Waals surface area contributed by atoms with Crippen LogP contribution < -0.4 is 10.6 Å². The quantitative estimate of drug-likeness (QED) is 0.334. The second-order valence-electron chi connectivity index (χ2n) is 9.67. The van der Waals surface area contributed by atoms with E-state index in [9.17, 15) is 14.4 Å². The lowest BCUT2D eigenvalue weighted by Crippen LogP contribution is -2.39. The summed E-state index contributed by atoms with van der Waals surface area (Å²) in [6.07, 6.45) is 1.72. The van der Waals surface area contributed by atoms with E-state index in [4.69, 9.17) is 17.3 Å². The van der Waals surface area contributed by atoms with Crippen LogP contribution in [0, 0.1) is 31.0 Å². The van der Waals surface area contributed by atoms with Gasteiger partial charge in [-0.15, -0.1) is 11.8 Å². The first-order chi connectivity index (χ1) is 18.3. The Morgan fingerprint density at radius 1 is 1.11 bits per heavy atom. The lowest BCUT2D eigenvalue weighted by molar-refractivity contribution is -0.116. The lowest BCUT2D eigenvalue weighted by atomic mass is 9.74. The SMILES string of the molecule is Cc1cc(C)c(C2C(C#N)=C(N)N(c3cccc(F)c3)C3=C2C(=O)CCC3)cc1CSc1ccc(Cl)cc1. The highest BCUT2D eigenvalue weighted by Crippen LogP contribution is 2.47. The number of halogens is 2. The van der Waals surface area contributed by atoms with Crippen molar-refractivity contribution in [2.75, 3.05) is 4.90 Å². The molecule has 0 fully saturated rings. The first-order valence-corrected chi connectivity index (χ1v) is 13.8.